The molecule has 2 nitrogen and oxygen atoms in total. The second-order valence-corrected chi connectivity index (χ2v) is 2.63. The molecule has 0 aliphatic rings. The molecule has 0 unspecified atom stereocenters. The molecule has 0 atom stereocenters. The number of carbonyl (C=O) groups is 1. The Morgan fingerprint density at radius 1 is 1.18 bits per heavy atom. The van der Waals surface area contributed by atoms with E-state index in [9.17, 15) is 9.90 Å². The number of hydrogen-bond donors (Lipinski definition) is 0. The van der Waals surface area contributed by atoms with Crippen molar-refractivity contribution < 1.29 is 39.5 Å². The molecule has 0 aromatic rings. The molecule has 0 heterocycles. The summed E-state index contributed by atoms with van der Waals surface area (Å²) in [5.74, 6) is -0.903. The average Bonchev–Trinajstić information content (AvgIpc) is 1.92. The van der Waals surface area contributed by atoms with E-state index >= 15 is 0 Å². The summed E-state index contributed by atoms with van der Waals surface area (Å²) in [4.78, 5) is 10.6. The van der Waals surface area contributed by atoms with Crippen LogP contribution in [0.4, 0.5) is 0 Å². The summed E-state index contributed by atoms with van der Waals surface area (Å²) in [6.45, 7) is 5.68. The van der Waals surface area contributed by atoms with E-state index in [4.69, 9.17) is 0 Å². The van der Waals surface area contributed by atoms with Gasteiger partial charge < -0.3 is 9.90 Å². The maximum Gasteiger partial charge on any atom is 1.00 e. The van der Waals surface area contributed by atoms with E-state index in [1.54, 1.807) is 0 Å². The maximum atomic E-state index is 10.6. The third-order valence-corrected chi connectivity index (χ3v) is 2.46. The van der Waals surface area contributed by atoms with Gasteiger partial charge in [-0.25, -0.2) is 0 Å². The van der Waals surface area contributed by atoms with Crippen molar-refractivity contribution in [1.82, 2.24) is 0 Å². The van der Waals surface area contributed by atoms with Crippen LogP contribution in [0, 0.1) is 5.41 Å². The first-order valence-electron chi connectivity index (χ1n) is 3.84. The van der Waals surface area contributed by atoms with Gasteiger partial charge in [0.05, 0.1) is 0 Å². The second-order valence-electron chi connectivity index (χ2n) is 2.63. The summed E-state index contributed by atoms with van der Waals surface area (Å²) in [7, 11) is 0. The molecule has 0 aliphatic carbocycles. The Kier molecular flexibility index (Phi) is 7.70. The molecule has 0 rings (SSSR count). The zero-order chi connectivity index (χ0) is 8.20. The predicted molar refractivity (Wildman–Crippen MR) is 38.3 cm³/mol. The largest absolute Gasteiger partial charge is 1.00 e. The molecular formula is C8H15NaO2. The smallest absolute Gasteiger partial charge is 0.550 e. The molecule has 0 radical (unpaired) electrons. The quantitative estimate of drug-likeness (QED) is 0.451. The zero-order valence-electron chi connectivity index (χ0n) is 7.94. The molecule has 0 aliphatic heterocycles. The number of carboxylic acid groups (broad SMARTS) is 1. The van der Waals surface area contributed by atoms with Gasteiger partial charge in [0.25, 0.3) is 0 Å². The minimum Gasteiger partial charge on any atom is -0.550 e. The summed E-state index contributed by atoms with van der Waals surface area (Å²) < 4.78 is 0. The summed E-state index contributed by atoms with van der Waals surface area (Å²) in [5.41, 5.74) is -0.569. The van der Waals surface area contributed by atoms with Gasteiger partial charge in [0.15, 0.2) is 0 Å². The summed E-state index contributed by atoms with van der Waals surface area (Å²) in [6.07, 6.45) is 2.01. The standard InChI is InChI=1S/C8H16O2.Na/c1-4-8(5-2,6-3)7(9)10;/h4-6H2,1-3H3,(H,9,10);/q;+1/p-1. The number of aliphatic carboxylic acids is 1. The van der Waals surface area contributed by atoms with Crippen LogP contribution in [0.1, 0.15) is 40.0 Å². The molecule has 0 saturated carbocycles. The Morgan fingerprint density at radius 2 is 1.45 bits per heavy atom. The fourth-order valence-corrected chi connectivity index (χ4v) is 1.18. The zero-order valence-corrected chi connectivity index (χ0v) is 9.94. The van der Waals surface area contributed by atoms with E-state index in [0.29, 0.717) is 19.3 Å². The van der Waals surface area contributed by atoms with Gasteiger partial charge in [-0.2, -0.15) is 0 Å². The summed E-state index contributed by atoms with van der Waals surface area (Å²) in [5, 5.41) is 10.6. The van der Waals surface area contributed by atoms with Crippen LogP contribution in [-0.2, 0) is 4.79 Å². The van der Waals surface area contributed by atoms with Gasteiger partial charge >= 0.3 is 29.6 Å². The molecule has 0 N–H and O–H groups in total. The van der Waals surface area contributed by atoms with Crippen molar-refractivity contribution in [3.63, 3.8) is 0 Å². The minimum absolute atomic E-state index is 0. The maximum absolute atomic E-state index is 10.6. The predicted octanol–water partition coefficient (Wildman–Crippen LogP) is -2.04. The molecule has 0 amide bonds. The number of carbonyl (C=O) groups excluding carboxylic acids is 1. The molecule has 0 saturated heterocycles. The van der Waals surface area contributed by atoms with Gasteiger partial charge in [-0.3, -0.25) is 0 Å². The van der Waals surface area contributed by atoms with E-state index in [1.807, 2.05) is 20.8 Å². The molecule has 0 aromatic carbocycles. The average molecular weight is 166 g/mol. The SMILES string of the molecule is CCC(CC)(CC)C(=O)[O-].[Na+]. The third-order valence-electron chi connectivity index (χ3n) is 2.46. The minimum atomic E-state index is -0.903. The first-order valence-corrected chi connectivity index (χ1v) is 3.84. The van der Waals surface area contributed by atoms with Crippen LogP contribution < -0.4 is 34.7 Å². The molecule has 60 valence electrons. The molecule has 0 spiro atoms. The van der Waals surface area contributed by atoms with Gasteiger partial charge in [-0.1, -0.05) is 20.8 Å². The van der Waals surface area contributed by atoms with Crippen LogP contribution in [0.15, 0.2) is 0 Å². The molecule has 0 bridgehead atoms. The van der Waals surface area contributed by atoms with Crippen LogP contribution in [0.5, 0.6) is 0 Å². The van der Waals surface area contributed by atoms with Crippen LogP contribution in [-0.4, -0.2) is 5.97 Å². The van der Waals surface area contributed by atoms with Crippen LogP contribution in [0.25, 0.3) is 0 Å². The van der Waals surface area contributed by atoms with Gasteiger partial charge in [0.1, 0.15) is 0 Å². The van der Waals surface area contributed by atoms with Crippen molar-refractivity contribution >= 4 is 5.97 Å². The molecular weight excluding hydrogens is 151 g/mol. The molecule has 3 heteroatoms. The van der Waals surface area contributed by atoms with Gasteiger partial charge in [0.2, 0.25) is 0 Å². The van der Waals surface area contributed by atoms with E-state index in [1.165, 1.54) is 0 Å². The Bertz CT molecular complexity index is 111. The third kappa shape index (κ3) is 3.14. The number of rotatable bonds is 4. The van der Waals surface area contributed by atoms with Crippen molar-refractivity contribution in [2.45, 2.75) is 40.0 Å². The Morgan fingerprint density at radius 3 is 1.45 bits per heavy atom. The van der Waals surface area contributed by atoms with E-state index in [0.717, 1.165) is 0 Å². The monoisotopic (exact) mass is 166 g/mol. The molecule has 0 aromatic heterocycles. The van der Waals surface area contributed by atoms with E-state index in [2.05, 4.69) is 0 Å². The topological polar surface area (TPSA) is 40.1 Å². The number of carboxylic acids is 1. The van der Waals surface area contributed by atoms with Crippen LogP contribution in [0.3, 0.4) is 0 Å². The van der Waals surface area contributed by atoms with Crippen molar-refractivity contribution in [2.24, 2.45) is 5.41 Å². The molecule has 11 heavy (non-hydrogen) atoms. The van der Waals surface area contributed by atoms with Crippen molar-refractivity contribution in [1.29, 1.82) is 0 Å². The van der Waals surface area contributed by atoms with E-state index in [-0.39, 0.29) is 29.6 Å². The first-order chi connectivity index (χ1) is 4.63. The molecule has 0 fully saturated rings. The number of hydrogen-bond acceptors (Lipinski definition) is 2. The summed E-state index contributed by atoms with van der Waals surface area (Å²) in [6, 6.07) is 0. The normalized spacial score (nSPS) is 10.5. The van der Waals surface area contributed by atoms with Gasteiger partial charge in [-0.15, -0.1) is 0 Å². The second kappa shape index (κ2) is 6.04. The van der Waals surface area contributed by atoms with Crippen molar-refractivity contribution in [2.75, 3.05) is 0 Å². The summed E-state index contributed by atoms with van der Waals surface area (Å²) >= 11 is 0. The van der Waals surface area contributed by atoms with Crippen LogP contribution >= 0.6 is 0 Å². The Balaban J connectivity index is 0. The first kappa shape index (κ1) is 14.0. The van der Waals surface area contributed by atoms with E-state index < -0.39 is 11.4 Å². The van der Waals surface area contributed by atoms with Crippen molar-refractivity contribution in [3.8, 4) is 0 Å². The van der Waals surface area contributed by atoms with Gasteiger partial charge in [-0.05, 0) is 19.3 Å². The van der Waals surface area contributed by atoms with Crippen molar-refractivity contribution in [3.05, 3.63) is 0 Å². The Labute approximate surface area is 90.7 Å². The Hall–Kier alpha value is 0.470. The van der Waals surface area contributed by atoms with Gasteiger partial charge in [0, 0.05) is 11.4 Å². The fourth-order valence-electron chi connectivity index (χ4n) is 1.18. The fraction of sp³-hybridized carbons (Fsp3) is 0.875. The van der Waals surface area contributed by atoms with Crippen LogP contribution in [0.2, 0.25) is 0 Å².